The van der Waals surface area contributed by atoms with Gasteiger partial charge < -0.3 is 0 Å². The van der Waals surface area contributed by atoms with Crippen molar-refractivity contribution in [3.05, 3.63) is 6.42 Å². The number of hydrogen-bond donors (Lipinski definition) is 1. The average molecular weight is 143 g/mol. The van der Waals surface area contributed by atoms with Gasteiger partial charge in [0.15, 0.2) is 0 Å². The highest BCUT2D eigenvalue weighted by atomic mass is 32.1. The Morgan fingerprint density at radius 3 is 2.89 bits per heavy atom. The maximum atomic E-state index is 4.46. The molecule has 1 aliphatic rings. The molecule has 0 aliphatic heterocycles. The Morgan fingerprint density at radius 2 is 2.00 bits per heavy atom. The number of rotatable bonds is 0. The highest BCUT2D eigenvalue weighted by molar-refractivity contribution is 7.80. The molecule has 0 aromatic rings. The Labute approximate surface area is 63.4 Å². The van der Waals surface area contributed by atoms with Gasteiger partial charge in [-0.15, -0.1) is 0 Å². The fourth-order valence-corrected chi connectivity index (χ4v) is 1.60. The molecule has 1 heteroatoms. The first-order valence-electron chi connectivity index (χ1n) is 3.89. The van der Waals surface area contributed by atoms with E-state index in [1.165, 1.54) is 38.5 Å². The summed E-state index contributed by atoms with van der Waals surface area (Å²) in [6.45, 7) is 0. The van der Waals surface area contributed by atoms with Crippen molar-refractivity contribution in [2.75, 3.05) is 0 Å². The van der Waals surface area contributed by atoms with Crippen molar-refractivity contribution >= 4 is 12.6 Å². The van der Waals surface area contributed by atoms with E-state index in [2.05, 4.69) is 19.0 Å². The molecule has 0 nitrogen and oxygen atoms in total. The summed E-state index contributed by atoms with van der Waals surface area (Å²) >= 11 is 4.46. The molecule has 1 radical (unpaired) electrons. The lowest BCUT2D eigenvalue weighted by atomic mass is 10.0. The van der Waals surface area contributed by atoms with Crippen LogP contribution >= 0.6 is 12.6 Å². The zero-order valence-corrected chi connectivity index (χ0v) is 6.74. The molecule has 0 spiro atoms. The third kappa shape index (κ3) is 3.14. The maximum Gasteiger partial charge on any atom is 0.00169 e. The van der Waals surface area contributed by atoms with E-state index in [4.69, 9.17) is 0 Å². The van der Waals surface area contributed by atoms with Crippen molar-refractivity contribution in [1.82, 2.24) is 0 Å². The van der Waals surface area contributed by atoms with Gasteiger partial charge in [0.2, 0.25) is 0 Å². The molecule has 1 fully saturated rings. The molecule has 0 N–H and O–H groups in total. The van der Waals surface area contributed by atoms with Crippen LogP contribution in [-0.4, -0.2) is 5.25 Å². The summed E-state index contributed by atoms with van der Waals surface area (Å²) in [5, 5.41) is 0.682. The molecule has 0 heterocycles. The van der Waals surface area contributed by atoms with Gasteiger partial charge in [0.1, 0.15) is 0 Å². The third-order valence-electron chi connectivity index (χ3n) is 1.90. The molecule has 0 saturated heterocycles. The third-order valence-corrected chi connectivity index (χ3v) is 2.42. The minimum atomic E-state index is 0.682. The second kappa shape index (κ2) is 4.21. The zero-order valence-electron chi connectivity index (χ0n) is 5.84. The lowest BCUT2D eigenvalue weighted by molar-refractivity contribution is 0.578. The normalized spacial score (nSPS) is 25.0. The van der Waals surface area contributed by atoms with Gasteiger partial charge in [-0.3, -0.25) is 0 Å². The van der Waals surface area contributed by atoms with Crippen LogP contribution in [0, 0.1) is 6.42 Å². The second-order valence-electron chi connectivity index (χ2n) is 2.80. The Morgan fingerprint density at radius 1 is 1.11 bits per heavy atom. The SMILES string of the molecule is SC1CC[CH]CCCC1. The summed E-state index contributed by atoms with van der Waals surface area (Å²) in [4.78, 5) is 0. The smallest absolute Gasteiger partial charge is 0.00169 e. The molecule has 0 bridgehead atoms. The summed E-state index contributed by atoms with van der Waals surface area (Å²) in [6.07, 6.45) is 10.4. The standard InChI is InChI=1S/C8H15S/c9-8-6-4-2-1-3-5-7-8/h2,8-9H,1,3-7H2. The lowest BCUT2D eigenvalue weighted by Gasteiger charge is -2.13. The van der Waals surface area contributed by atoms with E-state index < -0.39 is 0 Å². The molecular weight excluding hydrogens is 128 g/mol. The van der Waals surface area contributed by atoms with Gasteiger partial charge in [-0.1, -0.05) is 19.3 Å². The van der Waals surface area contributed by atoms with E-state index in [9.17, 15) is 0 Å². The van der Waals surface area contributed by atoms with Gasteiger partial charge >= 0.3 is 0 Å². The predicted molar refractivity (Wildman–Crippen MR) is 44.8 cm³/mol. The van der Waals surface area contributed by atoms with E-state index in [-0.39, 0.29) is 0 Å². The van der Waals surface area contributed by atoms with Crippen molar-refractivity contribution in [1.29, 1.82) is 0 Å². The first-order chi connectivity index (χ1) is 4.39. The molecule has 1 aliphatic carbocycles. The van der Waals surface area contributed by atoms with Crippen LogP contribution in [0.15, 0.2) is 0 Å². The van der Waals surface area contributed by atoms with Crippen LogP contribution in [0.1, 0.15) is 38.5 Å². The molecule has 1 atom stereocenters. The Hall–Kier alpha value is 0.350. The topological polar surface area (TPSA) is 0 Å². The van der Waals surface area contributed by atoms with E-state index in [0.717, 1.165) is 0 Å². The minimum Gasteiger partial charge on any atom is -0.176 e. The van der Waals surface area contributed by atoms with Crippen LogP contribution < -0.4 is 0 Å². The quantitative estimate of drug-likeness (QED) is 0.495. The first kappa shape index (κ1) is 7.46. The minimum absolute atomic E-state index is 0.682. The van der Waals surface area contributed by atoms with Crippen LogP contribution in [0.25, 0.3) is 0 Å². The van der Waals surface area contributed by atoms with Crippen molar-refractivity contribution in [2.45, 2.75) is 43.8 Å². The fourth-order valence-electron chi connectivity index (χ4n) is 1.27. The molecule has 53 valence electrons. The molecule has 1 rings (SSSR count). The van der Waals surface area contributed by atoms with Crippen molar-refractivity contribution in [3.63, 3.8) is 0 Å². The molecule has 1 saturated carbocycles. The zero-order chi connectivity index (χ0) is 6.53. The summed E-state index contributed by atoms with van der Waals surface area (Å²) in [5.74, 6) is 0. The van der Waals surface area contributed by atoms with E-state index in [1.807, 2.05) is 0 Å². The van der Waals surface area contributed by atoms with Crippen LogP contribution in [-0.2, 0) is 0 Å². The van der Waals surface area contributed by atoms with E-state index >= 15 is 0 Å². The first-order valence-corrected chi connectivity index (χ1v) is 4.41. The Kier molecular flexibility index (Phi) is 3.49. The maximum absolute atomic E-state index is 4.46. The van der Waals surface area contributed by atoms with Crippen LogP contribution in [0.4, 0.5) is 0 Å². The summed E-state index contributed by atoms with van der Waals surface area (Å²) in [6, 6.07) is 0. The molecule has 0 amide bonds. The lowest BCUT2D eigenvalue weighted by Crippen LogP contribution is -2.01. The molecular formula is C8H15S. The highest BCUT2D eigenvalue weighted by Gasteiger charge is 2.05. The summed E-state index contributed by atoms with van der Waals surface area (Å²) in [7, 11) is 0. The number of thiol groups is 1. The highest BCUT2D eigenvalue weighted by Crippen LogP contribution is 2.19. The Bertz CT molecular complexity index is 63.0. The van der Waals surface area contributed by atoms with Gasteiger partial charge in [-0.2, -0.15) is 12.6 Å². The van der Waals surface area contributed by atoms with Crippen LogP contribution in [0.2, 0.25) is 0 Å². The van der Waals surface area contributed by atoms with Gasteiger partial charge in [-0.05, 0) is 25.7 Å². The Balaban J connectivity index is 2.12. The van der Waals surface area contributed by atoms with Gasteiger partial charge in [0.05, 0.1) is 0 Å². The molecule has 9 heavy (non-hydrogen) atoms. The summed E-state index contributed by atoms with van der Waals surface area (Å²) < 4.78 is 0. The fraction of sp³-hybridized carbons (Fsp3) is 0.875. The van der Waals surface area contributed by atoms with Crippen molar-refractivity contribution in [3.8, 4) is 0 Å². The number of hydrogen-bond acceptors (Lipinski definition) is 1. The van der Waals surface area contributed by atoms with Crippen LogP contribution in [0.5, 0.6) is 0 Å². The van der Waals surface area contributed by atoms with Crippen molar-refractivity contribution in [2.24, 2.45) is 0 Å². The molecule has 1 unspecified atom stereocenters. The largest absolute Gasteiger partial charge is 0.176 e. The van der Waals surface area contributed by atoms with Gasteiger partial charge in [0.25, 0.3) is 0 Å². The van der Waals surface area contributed by atoms with Crippen molar-refractivity contribution < 1.29 is 0 Å². The summed E-state index contributed by atoms with van der Waals surface area (Å²) in [5.41, 5.74) is 0. The van der Waals surface area contributed by atoms with E-state index in [0.29, 0.717) is 5.25 Å². The van der Waals surface area contributed by atoms with Gasteiger partial charge in [0, 0.05) is 5.25 Å². The van der Waals surface area contributed by atoms with E-state index in [1.54, 1.807) is 0 Å². The van der Waals surface area contributed by atoms with Gasteiger partial charge in [-0.25, -0.2) is 0 Å². The second-order valence-corrected chi connectivity index (χ2v) is 3.53. The molecule has 0 aromatic carbocycles. The predicted octanol–water partition coefficient (Wildman–Crippen LogP) is 2.84. The van der Waals surface area contributed by atoms with Crippen LogP contribution in [0.3, 0.4) is 0 Å². The average Bonchev–Trinajstić information content (AvgIpc) is 1.79. The monoisotopic (exact) mass is 143 g/mol. The molecule has 0 aromatic heterocycles.